The van der Waals surface area contributed by atoms with Gasteiger partial charge in [0.1, 0.15) is 12.0 Å². The summed E-state index contributed by atoms with van der Waals surface area (Å²) in [5.41, 5.74) is 0.178. The minimum Gasteiger partial charge on any atom is -0.508 e. The molecule has 0 aliphatic rings. The second kappa shape index (κ2) is 4.90. The average Bonchev–Trinajstić information content (AvgIpc) is 2.20. The van der Waals surface area contributed by atoms with Crippen LogP contribution in [0.2, 0.25) is 0 Å². The normalized spacial score (nSPS) is 10.4. The molecule has 0 aliphatic carbocycles. The van der Waals surface area contributed by atoms with Gasteiger partial charge in [-0.2, -0.15) is 0 Å². The van der Waals surface area contributed by atoms with Gasteiger partial charge in [-0.25, -0.2) is 0 Å². The van der Waals surface area contributed by atoms with Crippen LogP contribution >= 0.6 is 0 Å². The largest absolute Gasteiger partial charge is 0.508 e. The zero-order valence-electron chi connectivity index (χ0n) is 7.79. The lowest BCUT2D eigenvalue weighted by Crippen LogP contribution is -1.90. The van der Waals surface area contributed by atoms with E-state index in [2.05, 4.69) is 0 Å². The predicted octanol–water partition coefficient (Wildman–Crippen LogP) is 1.90. The summed E-state index contributed by atoms with van der Waals surface area (Å²) in [7, 11) is 0. The van der Waals surface area contributed by atoms with Crippen LogP contribution in [0.25, 0.3) is 6.08 Å². The number of carbonyl (C=O) groups excluding carboxylic acids is 1. The highest BCUT2D eigenvalue weighted by Crippen LogP contribution is 2.24. The van der Waals surface area contributed by atoms with Crippen LogP contribution in [0.15, 0.2) is 24.3 Å². The summed E-state index contributed by atoms with van der Waals surface area (Å²) < 4.78 is 0. The topological polar surface area (TPSA) is 80.4 Å². The van der Waals surface area contributed by atoms with Crippen molar-refractivity contribution in [1.29, 1.82) is 0 Å². The lowest BCUT2D eigenvalue weighted by Gasteiger charge is -1.97. The third kappa shape index (κ3) is 2.91. The van der Waals surface area contributed by atoms with Gasteiger partial charge in [-0.1, -0.05) is 12.2 Å². The number of phenols is 1. The zero-order valence-corrected chi connectivity index (χ0v) is 7.79. The summed E-state index contributed by atoms with van der Waals surface area (Å²) in [6, 6.07) is 3.85. The number of hydrogen-bond donors (Lipinski definition) is 1. The van der Waals surface area contributed by atoms with Gasteiger partial charge in [-0.05, 0) is 12.1 Å². The van der Waals surface area contributed by atoms with Gasteiger partial charge in [0, 0.05) is 6.42 Å². The van der Waals surface area contributed by atoms with Crippen LogP contribution < -0.4 is 0 Å². The summed E-state index contributed by atoms with van der Waals surface area (Å²) in [5.74, 6) is -0.158. The molecule has 5 heteroatoms. The molecule has 0 heterocycles. The molecule has 0 saturated heterocycles. The molecule has 0 bridgehead atoms. The number of aromatic hydroxyl groups is 1. The number of carbonyl (C=O) groups is 1. The Labute approximate surface area is 85.8 Å². The third-order valence-electron chi connectivity index (χ3n) is 1.74. The van der Waals surface area contributed by atoms with E-state index in [4.69, 9.17) is 5.11 Å². The second-order valence-electron chi connectivity index (χ2n) is 2.80. The van der Waals surface area contributed by atoms with Crippen LogP contribution in [0.3, 0.4) is 0 Å². The molecule has 0 aliphatic heterocycles. The Morgan fingerprint density at radius 3 is 2.80 bits per heavy atom. The zero-order chi connectivity index (χ0) is 11.3. The van der Waals surface area contributed by atoms with E-state index in [1.54, 1.807) is 0 Å². The van der Waals surface area contributed by atoms with Gasteiger partial charge in [-0.3, -0.25) is 10.1 Å². The number of nitro benzene ring substituents is 1. The first-order valence-corrected chi connectivity index (χ1v) is 4.22. The molecule has 1 rings (SSSR count). The minimum atomic E-state index is -0.583. The van der Waals surface area contributed by atoms with Crippen molar-refractivity contribution < 1.29 is 14.8 Å². The van der Waals surface area contributed by atoms with Crippen molar-refractivity contribution >= 4 is 18.0 Å². The first kappa shape index (κ1) is 10.9. The van der Waals surface area contributed by atoms with Crippen LogP contribution in [0, 0.1) is 10.1 Å². The standard InChI is InChI=1S/C10H9NO4/c12-6-2-1-3-8-4-5-9(13)7-10(8)11(14)15/h1,3-7,13H,2H2. The predicted molar refractivity (Wildman–Crippen MR) is 54.5 cm³/mol. The van der Waals surface area contributed by atoms with Crippen molar-refractivity contribution in [2.24, 2.45) is 0 Å². The van der Waals surface area contributed by atoms with Crippen LogP contribution in [0.4, 0.5) is 5.69 Å². The quantitative estimate of drug-likeness (QED) is 0.464. The van der Waals surface area contributed by atoms with Crippen molar-refractivity contribution in [3.05, 3.63) is 40.0 Å². The molecule has 1 aromatic carbocycles. The van der Waals surface area contributed by atoms with E-state index >= 15 is 0 Å². The number of rotatable bonds is 4. The average molecular weight is 207 g/mol. The molecule has 0 unspecified atom stereocenters. The van der Waals surface area contributed by atoms with Crippen molar-refractivity contribution in [2.75, 3.05) is 0 Å². The first-order chi connectivity index (χ1) is 7.15. The van der Waals surface area contributed by atoms with Gasteiger partial charge >= 0.3 is 0 Å². The Morgan fingerprint density at radius 2 is 2.20 bits per heavy atom. The van der Waals surface area contributed by atoms with Gasteiger partial charge in [0.2, 0.25) is 0 Å². The number of allylic oxidation sites excluding steroid dienone is 1. The minimum absolute atomic E-state index is 0.158. The molecule has 0 aromatic heterocycles. The fourth-order valence-corrected chi connectivity index (χ4v) is 1.08. The first-order valence-electron chi connectivity index (χ1n) is 4.22. The highest BCUT2D eigenvalue weighted by atomic mass is 16.6. The Kier molecular flexibility index (Phi) is 3.56. The van der Waals surface area contributed by atoms with E-state index in [9.17, 15) is 14.9 Å². The van der Waals surface area contributed by atoms with Gasteiger partial charge in [0.05, 0.1) is 16.6 Å². The van der Waals surface area contributed by atoms with E-state index in [1.165, 1.54) is 24.3 Å². The fraction of sp³-hybridized carbons (Fsp3) is 0.100. The molecule has 1 N–H and O–H groups in total. The van der Waals surface area contributed by atoms with Gasteiger partial charge in [-0.15, -0.1) is 0 Å². The molecular formula is C10H9NO4. The molecule has 0 amide bonds. The monoisotopic (exact) mass is 207 g/mol. The molecule has 0 fully saturated rings. The summed E-state index contributed by atoms with van der Waals surface area (Å²) in [4.78, 5) is 20.1. The highest BCUT2D eigenvalue weighted by molar-refractivity contribution is 5.65. The SMILES string of the molecule is O=CCC=Cc1ccc(O)cc1[N+](=O)[O-]. The third-order valence-corrected chi connectivity index (χ3v) is 1.74. The van der Waals surface area contributed by atoms with Crippen LogP contribution in [0.1, 0.15) is 12.0 Å². The lowest BCUT2D eigenvalue weighted by molar-refractivity contribution is -0.385. The Bertz CT molecular complexity index is 412. The molecule has 0 atom stereocenters. The lowest BCUT2D eigenvalue weighted by atomic mass is 10.1. The molecule has 15 heavy (non-hydrogen) atoms. The van der Waals surface area contributed by atoms with Crippen LogP contribution in [0.5, 0.6) is 5.75 Å². The van der Waals surface area contributed by atoms with Crippen molar-refractivity contribution in [3.63, 3.8) is 0 Å². The molecule has 0 spiro atoms. The molecule has 0 radical (unpaired) electrons. The molecular weight excluding hydrogens is 198 g/mol. The van der Waals surface area contributed by atoms with Crippen LogP contribution in [-0.4, -0.2) is 16.3 Å². The summed E-state index contributed by atoms with van der Waals surface area (Å²) in [6.07, 6.45) is 3.90. The molecule has 78 valence electrons. The number of aldehydes is 1. The summed E-state index contributed by atoms with van der Waals surface area (Å²) >= 11 is 0. The van der Waals surface area contributed by atoms with E-state index in [0.29, 0.717) is 11.8 Å². The summed E-state index contributed by atoms with van der Waals surface area (Å²) in [6.45, 7) is 0. The number of nitrogens with zero attached hydrogens (tertiary/aromatic N) is 1. The Hall–Kier alpha value is -2.17. The summed E-state index contributed by atoms with van der Waals surface area (Å²) in [5, 5.41) is 19.7. The Morgan fingerprint density at radius 1 is 1.47 bits per heavy atom. The maximum absolute atomic E-state index is 10.6. The van der Waals surface area contributed by atoms with Crippen molar-refractivity contribution in [1.82, 2.24) is 0 Å². The van der Waals surface area contributed by atoms with E-state index in [1.807, 2.05) is 0 Å². The maximum atomic E-state index is 10.6. The highest BCUT2D eigenvalue weighted by Gasteiger charge is 2.11. The smallest absolute Gasteiger partial charge is 0.280 e. The molecule has 5 nitrogen and oxygen atoms in total. The Balaban J connectivity index is 3.05. The number of benzene rings is 1. The number of hydrogen-bond acceptors (Lipinski definition) is 4. The van der Waals surface area contributed by atoms with Crippen molar-refractivity contribution in [2.45, 2.75) is 6.42 Å². The van der Waals surface area contributed by atoms with E-state index in [0.717, 1.165) is 6.07 Å². The van der Waals surface area contributed by atoms with Crippen LogP contribution in [-0.2, 0) is 4.79 Å². The molecule has 1 aromatic rings. The van der Waals surface area contributed by atoms with Gasteiger partial charge in [0.25, 0.3) is 5.69 Å². The van der Waals surface area contributed by atoms with Gasteiger partial charge in [0.15, 0.2) is 0 Å². The molecule has 0 saturated carbocycles. The van der Waals surface area contributed by atoms with Gasteiger partial charge < -0.3 is 9.90 Å². The van der Waals surface area contributed by atoms with E-state index in [-0.39, 0.29) is 17.9 Å². The maximum Gasteiger partial charge on any atom is 0.280 e. The van der Waals surface area contributed by atoms with E-state index < -0.39 is 4.92 Å². The fourth-order valence-electron chi connectivity index (χ4n) is 1.08. The number of phenolic OH excluding ortho intramolecular Hbond substituents is 1. The van der Waals surface area contributed by atoms with Crippen molar-refractivity contribution in [3.8, 4) is 5.75 Å². The second-order valence-corrected chi connectivity index (χ2v) is 2.80. The number of nitro groups is 1.